The molecule has 18 heavy (non-hydrogen) atoms. The minimum absolute atomic E-state index is 0.0485. The van der Waals surface area contributed by atoms with Crippen molar-refractivity contribution in [1.82, 2.24) is 9.80 Å². The van der Waals surface area contributed by atoms with Gasteiger partial charge in [0.15, 0.2) is 0 Å². The first kappa shape index (κ1) is 13.8. The Labute approximate surface area is 110 Å². The van der Waals surface area contributed by atoms with Gasteiger partial charge in [0.2, 0.25) is 5.91 Å². The molecule has 2 saturated heterocycles. The Kier molecular flexibility index (Phi) is 5.01. The molecule has 0 aromatic heterocycles. The molecule has 104 valence electrons. The van der Waals surface area contributed by atoms with Crippen molar-refractivity contribution in [2.75, 3.05) is 32.7 Å². The highest BCUT2D eigenvalue weighted by molar-refractivity contribution is 5.79. The van der Waals surface area contributed by atoms with E-state index in [-0.39, 0.29) is 5.92 Å². The molecule has 0 aliphatic carbocycles. The van der Waals surface area contributed by atoms with Gasteiger partial charge in [0.25, 0.3) is 0 Å². The SMILES string of the molecule is CCCC(CN)C(=O)N1CCC(N2CCCC2)C1. The van der Waals surface area contributed by atoms with Gasteiger partial charge in [-0.25, -0.2) is 0 Å². The number of hydrogen-bond donors (Lipinski definition) is 1. The zero-order chi connectivity index (χ0) is 13.0. The van der Waals surface area contributed by atoms with Crippen LogP contribution in [0.25, 0.3) is 0 Å². The molecule has 0 aromatic carbocycles. The van der Waals surface area contributed by atoms with E-state index < -0.39 is 0 Å². The summed E-state index contributed by atoms with van der Waals surface area (Å²) in [7, 11) is 0. The number of carbonyl (C=O) groups is 1. The standard InChI is InChI=1S/C14H27N3O/c1-2-5-12(10-15)14(18)17-9-6-13(11-17)16-7-3-4-8-16/h12-13H,2-11,15H2,1H3. The average Bonchev–Trinajstić information content (AvgIpc) is 3.04. The second-order valence-electron chi connectivity index (χ2n) is 5.69. The Morgan fingerprint density at radius 2 is 2.06 bits per heavy atom. The van der Waals surface area contributed by atoms with Crippen LogP contribution >= 0.6 is 0 Å². The summed E-state index contributed by atoms with van der Waals surface area (Å²) in [5.74, 6) is 0.341. The van der Waals surface area contributed by atoms with Crippen molar-refractivity contribution in [3.63, 3.8) is 0 Å². The molecular weight excluding hydrogens is 226 g/mol. The molecule has 0 aromatic rings. The quantitative estimate of drug-likeness (QED) is 0.797. The van der Waals surface area contributed by atoms with Crippen LogP contribution in [0, 0.1) is 5.92 Å². The summed E-state index contributed by atoms with van der Waals surface area (Å²) in [6.45, 7) is 6.92. The fourth-order valence-corrected chi connectivity index (χ4v) is 3.30. The lowest BCUT2D eigenvalue weighted by Crippen LogP contribution is -2.41. The number of likely N-dealkylation sites (tertiary alicyclic amines) is 2. The Hall–Kier alpha value is -0.610. The van der Waals surface area contributed by atoms with Gasteiger partial charge in [-0.05, 0) is 38.8 Å². The van der Waals surface area contributed by atoms with E-state index in [0.717, 1.165) is 32.4 Å². The summed E-state index contributed by atoms with van der Waals surface area (Å²) in [5.41, 5.74) is 5.73. The first-order chi connectivity index (χ1) is 8.76. The number of nitrogens with two attached hydrogens (primary N) is 1. The van der Waals surface area contributed by atoms with Gasteiger partial charge in [-0.1, -0.05) is 13.3 Å². The first-order valence-electron chi connectivity index (χ1n) is 7.49. The molecule has 2 unspecified atom stereocenters. The normalized spacial score (nSPS) is 26.8. The van der Waals surface area contributed by atoms with Crippen LogP contribution in [0.15, 0.2) is 0 Å². The highest BCUT2D eigenvalue weighted by Gasteiger charge is 2.33. The number of rotatable bonds is 5. The van der Waals surface area contributed by atoms with Gasteiger partial charge in [0.1, 0.15) is 0 Å². The molecule has 2 aliphatic heterocycles. The van der Waals surface area contributed by atoms with Crippen LogP contribution in [0.5, 0.6) is 0 Å². The van der Waals surface area contributed by atoms with Crippen molar-refractivity contribution >= 4 is 5.91 Å². The van der Waals surface area contributed by atoms with Crippen LogP contribution in [-0.4, -0.2) is 54.5 Å². The molecule has 4 nitrogen and oxygen atoms in total. The van der Waals surface area contributed by atoms with E-state index in [0.29, 0.717) is 18.5 Å². The van der Waals surface area contributed by atoms with Crippen molar-refractivity contribution in [3.8, 4) is 0 Å². The van der Waals surface area contributed by atoms with Gasteiger partial charge >= 0.3 is 0 Å². The van der Waals surface area contributed by atoms with Crippen molar-refractivity contribution in [2.45, 2.75) is 45.1 Å². The van der Waals surface area contributed by atoms with Crippen molar-refractivity contribution < 1.29 is 4.79 Å². The topological polar surface area (TPSA) is 49.6 Å². The fourth-order valence-electron chi connectivity index (χ4n) is 3.30. The van der Waals surface area contributed by atoms with Crippen molar-refractivity contribution in [3.05, 3.63) is 0 Å². The van der Waals surface area contributed by atoms with E-state index >= 15 is 0 Å². The van der Waals surface area contributed by atoms with E-state index in [1.165, 1.54) is 25.9 Å². The zero-order valence-electron chi connectivity index (χ0n) is 11.6. The van der Waals surface area contributed by atoms with Gasteiger partial charge in [0, 0.05) is 25.7 Å². The van der Waals surface area contributed by atoms with E-state index in [2.05, 4.69) is 16.7 Å². The van der Waals surface area contributed by atoms with Crippen molar-refractivity contribution in [1.29, 1.82) is 0 Å². The maximum Gasteiger partial charge on any atom is 0.227 e. The lowest BCUT2D eigenvalue weighted by molar-refractivity contribution is -0.134. The minimum atomic E-state index is 0.0485. The lowest BCUT2D eigenvalue weighted by Gasteiger charge is -2.25. The summed E-state index contributed by atoms with van der Waals surface area (Å²) in [4.78, 5) is 17.0. The largest absolute Gasteiger partial charge is 0.341 e. The van der Waals surface area contributed by atoms with E-state index in [1.54, 1.807) is 0 Å². The maximum absolute atomic E-state index is 12.4. The van der Waals surface area contributed by atoms with E-state index in [9.17, 15) is 4.79 Å². The van der Waals surface area contributed by atoms with Gasteiger partial charge < -0.3 is 10.6 Å². The summed E-state index contributed by atoms with van der Waals surface area (Å²) in [6, 6.07) is 0.608. The Balaban J connectivity index is 1.85. The molecule has 2 fully saturated rings. The monoisotopic (exact) mass is 253 g/mol. The molecule has 0 spiro atoms. The fraction of sp³-hybridized carbons (Fsp3) is 0.929. The molecule has 2 aliphatic rings. The summed E-state index contributed by atoms with van der Waals surface area (Å²) < 4.78 is 0. The van der Waals surface area contributed by atoms with Crippen LogP contribution in [0.4, 0.5) is 0 Å². The molecule has 1 amide bonds. The molecule has 0 radical (unpaired) electrons. The lowest BCUT2D eigenvalue weighted by atomic mass is 10.0. The third-order valence-electron chi connectivity index (χ3n) is 4.40. The molecule has 4 heteroatoms. The highest BCUT2D eigenvalue weighted by Crippen LogP contribution is 2.22. The molecule has 0 bridgehead atoms. The minimum Gasteiger partial charge on any atom is -0.341 e. The molecule has 2 rings (SSSR count). The number of amides is 1. The smallest absolute Gasteiger partial charge is 0.227 e. The molecule has 2 N–H and O–H groups in total. The number of carbonyl (C=O) groups excluding carboxylic acids is 1. The van der Waals surface area contributed by atoms with Crippen LogP contribution < -0.4 is 5.73 Å². The number of nitrogens with zero attached hydrogens (tertiary/aromatic N) is 2. The molecule has 2 heterocycles. The van der Waals surface area contributed by atoms with Crippen LogP contribution in [0.1, 0.15) is 39.0 Å². The third kappa shape index (κ3) is 3.04. The van der Waals surface area contributed by atoms with E-state index in [1.807, 2.05) is 0 Å². The van der Waals surface area contributed by atoms with Crippen LogP contribution in [0.2, 0.25) is 0 Å². The summed E-state index contributed by atoms with van der Waals surface area (Å²) >= 11 is 0. The predicted molar refractivity (Wildman–Crippen MR) is 73.2 cm³/mol. The zero-order valence-corrected chi connectivity index (χ0v) is 11.6. The van der Waals surface area contributed by atoms with Crippen LogP contribution in [-0.2, 0) is 4.79 Å². The summed E-state index contributed by atoms with van der Waals surface area (Å²) in [5, 5.41) is 0. The average molecular weight is 253 g/mol. The molecule has 2 atom stereocenters. The van der Waals surface area contributed by atoms with E-state index in [4.69, 9.17) is 5.73 Å². The molecule has 0 saturated carbocycles. The third-order valence-corrected chi connectivity index (χ3v) is 4.40. The second kappa shape index (κ2) is 6.53. The second-order valence-corrected chi connectivity index (χ2v) is 5.69. The van der Waals surface area contributed by atoms with Crippen molar-refractivity contribution in [2.24, 2.45) is 11.7 Å². The Bertz CT molecular complexity index is 276. The van der Waals surface area contributed by atoms with Gasteiger partial charge in [-0.2, -0.15) is 0 Å². The van der Waals surface area contributed by atoms with Gasteiger partial charge in [0.05, 0.1) is 5.92 Å². The highest BCUT2D eigenvalue weighted by atomic mass is 16.2. The number of hydrogen-bond acceptors (Lipinski definition) is 3. The Morgan fingerprint density at radius 3 is 2.67 bits per heavy atom. The summed E-state index contributed by atoms with van der Waals surface area (Å²) in [6.07, 6.45) is 5.77. The Morgan fingerprint density at radius 1 is 1.33 bits per heavy atom. The maximum atomic E-state index is 12.4. The van der Waals surface area contributed by atoms with Crippen LogP contribution in [0.3, 0.4) is 0 Å². The molecular formula is C14H27N3O. The van der Waals surface area contributed by atoms with Gasteiger partial charge in [-0.15, -0.1) is 0 Å². The predicted octanol–water partition coefficient (Wildman–Crippen LogP) is 1.06. The first-order valence-corrected chi connectivity index (χ1v) is 7.49. The van der Waals surface area contributed by atoms with Gasteiger partial charge in [-0.3, -0.25) is 9.69 Å².